The van der Waals surface area contributed by atoms with E-state index in [1.807, 2.05) is 0 Å². The van der Waals surface area contributed by atoms with Crippen molar-refractivity contribution in [3.8, 4) is 0 Å². The molecule has 1 aliphatic carbocycles. The van der Waals surface area contributed by atoms with Crippen LogP contribution in [0.2, 0.25) is 0 Å². The van der Waals surface area contributed by atoms with Gasteiger partial charge < -0.3 is 5.73 Å². The molecule has 0 aromatic heterocycles. The van der Waals surface area contributed by atoms with Crippen molar-refractivity contribution < 1.29 is 0 Å². The number of hydrogen-bond acceptors (Lipinski definition) is 2. The van der Waals surface area contributed by atoms with Gasteiger partial charge in [0, 0.05) is 12.1 Å². The molecule has 0 bridgehead atoms. The topological polar surface area (TPSA) is 29.3 Å². The Kier molecular flexibility index (Phi) is 4.79. The maximum atomic E-state index is 5.94. The SMILES string of the molecule is CC(c1ccccc1)N(C)C1CCCCC1CN. The van der Waals surface area contributed by atoms with Crippen LogP contribution in [-0.4, -0.2) is 24.5 Å². The summed E-state index contributed by atoms with van der Waals surface area (Å²) in [6, 6.07) is 11.9. The van der Waals surface area contributed by atoms with Crippen molar-refractivity contribution in [2.24, 2.45) is 11.7 Å². The maximum absolute atomic E-state index is 5.94. The van der Waals surface area contributed by atoms with E-state index < -0.39 is 0 Å². The van der Waals surface area contributed by atoms with Crippen LogP contribution in [0.15, 0.2) is 30.3 Å². The molecule has 2 rings (SSSR count). The molecular formula is C16H26N2. The predicted molar refractivity (Wildman–Crippen MR) is 77.4 cm³/mol. The zero-order valence-electron chi connectivity index (χ0n) is 11.7. The molecule has 18 heavy (non-hydrogen) atoms. The number of hydrogen-bond donors (Lipinski definition) is 1. The Morgan fingerprint density at radius 3 is 2.56 bits per heavy atom. The van der Waals surface area contributed by atoms with E-state index in [2.05, 4.69) is 49.2 Å². The quantitative estimate of drug-likeness (QED) is 0.884. The highest BCUT2D eigenvalue weighted by atomic mass is 15.2. The van der Waals surface area contributed by atoms with Crippen LogP contribution in [0.5, 0.6) is 0 Å². The van der Waals surface area contributed by atoms with Gasteiger partial charge in [0.25, 0.3) is 0 Å². The maximum Gasteiger partial charge on any atom is 0.0319 e. The Bertz CT molecular complexity index is 349. The molecule has 1 aromatic carbocycles. The van der Waals surface area contributed by atoms with Crippen LogP contribution in [0.4, 0.5) is 0 Å². The lowest BCUT2D eigenvalue weighted by Crippen LogP contribution is -2.44. The zero-order chi connectivity index (χ0) is 13.0. The number of benzene rings is 1. The van der Waals surface area contributed by atoms with E-state index in [-0.39, 0.29) is 0 Å². The third-order valence-corrected chi connectivity index (χ3v) is 4.59. The number of rotatable bonds is 4. The van der Waals surface area contributed by atoms with Gasteiger partial charge in [0.05, 0.1) is 0 Å². The molecule has 0 heterocycles. The van der Waals surface area contributed by atoms with Gasteiger partial charge in [0.1, 0.15) is 0 Å². The Morgan fingerprint density at radius 2 is 1.89 bits per heavy atom. The molecule has 3 unspecified atom stereocenters. The molecule has 0 aliphatic heterocycles. The first-order valence-corrected chi connectivity index (χ1v) is 7.21. The van der Waals surface area contributed by atoms with Gasteiger partial charge in [-0.05, 0) is 44.8 Å². The normalized spacial score (nSPS) is 26.2. The van der Waals surface area contributed by atoms with Crippen LogP contribution in [-0.2, 0) is 0 Å². The van der Waals surface area contributed by atoms with Gasteiger partial charge in [0.15, 0.2) is 0 Å². The summed E-state index contributed by atoms with van der Waals surface area (Å²) in [5.41, 5.74) is 7.35. The molecule has 0 saturated heterocycles. The summed E-state index contributed by atoms with van der Waals surface area (Å²) in [5, 5.41) is 0. The molecule has 1 aliphatic rings. The minimum absolute atomic E-state index is 0.475. The molecule has 2 N–H and O–H groups in total. The highest BCUT2D eigenvalue weighted by Gasteiger charge is 2.29. The first-order chi connectivity index (χ1) is 8.74. The average Bonchev–Trinajstić information content (AvgIpc) is 2.46. The van der Waals surface area contributed by atoms with Crippen molar-refractivity contribution in [1.82, 2.24) is 4.90 Å². The molecule has 100 valence electrons. The fraction of sp³-hybridized carbons (Fsp3) is 0.625. The van der Waals surface area contributed by atoms with Gasteiger partial charge in [-0.1, -0.05) is 43.2 Å². The van der Waals surface area contributed by atoms with Crippen LogP contribution in [0, 0.1) is 5.92 Å². The van der Waals surface area contributed by atoms with Gasteiger partial charge in [-0.15, -0.1) is 0 Å². The van der Waals surface area contributed by atoms with Gasteiger partial charge >= 0.3 is 0 Å². The predicted octanol–water partition coefficient (Wildman–Crippen LogP) is 3.20. The third-order valence-electron chi connectivity index (χ3n) is 4.59. The van der Waals surface area contributed by atoms with Crippen molar-refractivity contribution in [2.75, 3.05) is 13.6 Å². The summed E-state index contributed by atoms with van der Waals surface area (Å²) in [6.45, 7) is 3.13. The van der Waals surface area contributed by atoms with Crippen molar-refractivity contribution in [1.29, 1.82) is 0 Å². The van der Waals surface area contributed by atoms with E-state index in [0.717, 1.165) is 6.54 Å². The highest BCUT2D eigenvalue weighted by molar-refractivity contribution is 5.18. The van der Waals surface area contributed by atoms with Crippen molar-refractivity contribution in [2.45, 2.75) is 44.7 Å². The minimum Gasteiger partial charge on any atom is -0.330 e. The van der Waals surface area contributed by atoms with E-state index in [1.165, 1.54) is 31.2 Å². The van der Waals surface area contributed by atoms with Crippen LogP contribution in [0.1, 0.15) is 44.2 Å². The Morgan fingerprint density at radius 1 is 1.22 bits per heavy atom. The molecule has 2 nitrogen and oxygen atoms in total. The summed E-state index contributed by atoms with van der Waals surface area (Å²) < 4.78 is 0. The van der Waals surface area contributed by atoms with E-state index >= 15 is 0 Å². The van der Waals surface area contributed by atoms with Crippen LogP contribution in [0.3, 0.4) is 0 Å². The zero-order valence-corrected chi connectivity index (χ0v) is 11.7. The van der Waals surface area contributed by atoms with E-state index in [9.17, 15) is 0 Å². The third kappa shape index (κ3) is 2.93. The molecule has 1 saturated carbocycles. The molecular weight excluding hydrogens is 220 g/mol. The number of nitrogens with zero attached hydrogens (tertiary/aromatic N) is 1. The van der Waals surface area contributed by atoms with E-state index in [0.29, 0.717) is 18.0 Å². The van der Waals surface area contributed by atoms with Crippen LogP contribution in [0.25, 0.3) is 0 Å². The lowest BCUT2D eigenvalue weighted by atomic mass is 9.83. The minimum atomic E-state index is 0.475. The van der Waals surface area contributed by atoms with Gasteiger partial charge in [-0.25, -0.2) is 0 Å². The van der Waals surface area contributed by atoms with E-state index in [1.54, 1.807) is 0 Å². The highest BCUT2D eigenvalue weighted by Crippen LogP contribution is 2.31. The fourth-order valence-corrected chi connectivity index (χ4v) is 3.25. The standard InChI is InChI=1S/C16H26N2/c1-13(14-8-4-3-5-9-14)18(2)16-11-7-6-10-15(16)12-17/h3-5,8-9,13,15-16H,6-7,10-12,17H2,1-2H3. The molecule has 0 spiro atoms. The lowest BCUT2D eigenvalue weighted by molar-refractivity contribution is 0.0989. The summed E-state index contributed by atoms with van der Waals surface area (Å²) in [4.78, 5) is 2.53. The van der Waals surface area contributed by atoms with Crippen molar-refractivity contribution in [3.63, 3.8) is 0 Å². The van der Waals surface area contributed by atoms with Crippen LogP contribution < -0.4 is 5.73 Å². The monoisotopic (exact) mass is 246 g/mol. The Balaban J connectivity index is 2.07. The first-order valence-electron chi connectivity index (χ1n) is 7.21. The second-order valence-corrected chi connectivity index (χ2v) is 5.60. The first kappa shape index (κ1) is 13.6. The summed E-state index contributed by atoms with van der Waals surface area (Å²) >= 11 is 0. The smallest absolute Gasteiger partial charge is 0.0319 e. The second kappa shape index (κ2) is 6.35. The molecule has 1 aromatic rings. The summed E-state index contributed by atoms with van der Waals surface area (Å²) in [5.74, 6) is 0.676. The largest absolute Gasteiger partial charge is 0.330 e. The molecule has 1 fully saturated rings. The fourth-order valence-electron chi connectivity index (χ4n) is 3.25. The Labute approximate surface area is 111 Å². The van der Waals surface area contributed by atoms with Crippen molar-refractivity contribution in [3.05, 3.63) is 35.9 Å². The van der Waals surface area contributed by atoms with E-state index in [4.69, 9.17) is 5.73 Å². The number of nitrogens with two attached hydrogens (primary N) is 1. The molecule has 0 radical (unpaired) electrons. The molecule has 2 heteroatoms. The summed E-state index contributed by atoms with van der Waals surface area (Å²) in [6.07, 6.45) is 5.31. The lowest BCUT2D eigenvalue weighted by Gasteiger charge is -2.40. The van der Waals surface area contributed by atoms with Gasteiger partial charge in [0.2, 0.25) is 0 Å². The van der Waals surface area contributed by atoms with Gasteiger partial charge in [-0.3, -0.25) is 4.90 Å². The Hall–Kier alpha value is -0.860. The molecule has 0 amide bonds. The van der Waals surface area contributed by atoms with Crippen molar-refractivity contribution >= 4 is 0 Å². The molecule has 3 atom stereocenters. The van der Waals surface area contributed by atoms with Crippen LogP contribution >= 0.6 is 0 Å². The van der Waals surface area contributed by atoms with Gasteiger partial charge in [-0.2, -0.15) is 0 Å². The average molecular weight is 246 g/mol. The summed E-state index contributed by atoms with van der Waals surface area (Å²) in [7, 11) is 2.26. The second-order valence-electron chi connectivity index (χ2n) is 5.60.